The molecule has 0 bridgehead atoms. The lowest BCUT2D eigenvalue weighted by Crippen LogP contribution is -2.11. The largest absolute Gasteiger partial charge is 0.465 e. The van der Waals surface area contributed by atoms with Gasteiger partial charge in [-0.05, 0) is 24.1 Å². The van der Waals surface area contributed by atoms with Crippen molar-refractivity contribution in [1.29, 1.82) is 0 Å². The van der Waals surface area contributed by atoms with Crippen LogP contribution in [-0.4, -0.2) is 23.9 Å². The molecule has 8 heteroatoms. The minimum atomic E-state index is -0.551. The molecule has 2 aromatic carbocycles. The van der Waals surface area contributed by atoms with E-state index in [4.69, 9.17) is 4.74 Å². The lowest BCUT2D eigenvalue weighted by Gasteiger charge is -2.07. The molecule has 0 aliphatic rings. The van der Waals surface area contributed by atoms with Crippen molar-refractivity contribution in [3.63, 3.8) is 0 Å². The number of hydrogen-bond acceptors (Lipinski definition) is 6. The lowest BCUT2D eigenvalue weighted by atomic mass is 10.0. The van der Waals surface area contributed by atoms with Gasteiger partial charge in [-0.2, -0.15) is 0 Å². The van der Waals surface area contributed by atoms with Gasteiger partial charge in [-0.3, -0.25) is 14.9 Å². The maximum atomic E-state index is 12.4. The predicted molar refractivity (Wildman–Crippen MR) is 117 cm³/mol. The molecule has 1 amide bonds. The van der Waals surface area contributed by atoms with Crippen LogP contribution >= 0.6 is 11.3 Å². The van der Waals surface area contributed by atoms with Crippen molar-refractivity contribution in [3.05, 3.63) is 86.8 Å². The molecule has 0 aliphatic carbocycles. The molecule has 1 heterocycles. The van der Waals surface area contributed by atoms with Gasteiger partial charge < -0.3 is 10.1 Å². The number of nitrogens with zero attached hydrogens (tertiary/aromatic N) is 1. The third-order valence-electron chi connectivity index (χ3n) is 4.29. The summed E-state index contributed by atoms with van der Waals surface area (Å²) in [4.78, 5) is 35.1. The molecule has 0 aliphatic heterocycles. The number of aryl methyl sites for hydroxylation is 1. The third-order valence-corrected chi connectivity index (χ3v) is 5.18. The summed E-state index contributed by atoms with van der Waals surface area (Å²) in [6.07, 6.45) is 2.72. The molecule has 0 saturated heterocycles. The first-order valence-electron chi connectivity index (χ1n) is 8.89. The van der Waals surface area contributed by atoms with Crippen molar-refractivity contribution in [3.8, 4) is 11.1 Å². The first-order chi connectivity index (χ1) is 14.4. The van der Waals surface area contributed by atoms with Crippen molar-refractivity contribution in [1.82, 2.24) is 0 Å². The zero-order valence-corrected chi connectivity index (χ0v) is 17.1. The topological polar surface area (TPSA) is 98.5 Å². The Labute approximate surface area is 176 Å². The van der Waals surface area contributed by atoms with Gasteiger partial charge in [0.05, 0.1) is 12.0 Å². The highest BCUT2D eigenvalue weighted by Crippen LogP contribution is 2.36. The molecular weight excluding hydrogens is 404 g/mol. The molecule has 30 heavy (non-hydrogen) atoms. The van der Waals surface area contributed by atoms with Crippen molar-refractivity contribution >= 4 is 40.0 Å². The summed E-state index contributed by atoms with van der Waals surface area (Å²) in [5.41, 5.74) is 3.33. The molecule has 0 fully saturated rings. The highest BCUT2D eigenvalue weighted by Gasteiger charge is 2.21. The maximum absolute atomic E-state index is 12.4. The van der Waals surface area contributed by atoms with Crippen LogP contribution < -0.4 is 5.32 Å². The van der Waals surface area contributed by atoms with E-state index in [0.29, 0.717) is 16.1 Å². The second-order valence-electron chi connectivity index (χ2n) is 6.39. The fourth-order valence-electron chi connectivity index (χ4n) is 2.77. The fraction of sp³-hybridized carbons (Fsp3) is 0.0909. The average Bonchev–Trinajstić information content (AvgIpc) is 3.15. The maximum Gasteiger partial charge on any atom is 0.341 e. The van der Waals surface area contributed by atoms with E-state index in [2.05, 4.69) is 5.32 Å². The Balaban J connectivity index is 1.84. The minimum absolute atomic E-state index is 0.0634. The number of nitro benzene ring substituents is 1. The average molecular weight is 422 g/mol. The van der Waals surface area contributed by atoms with Crippen LogP contribution in [0.5, 0.6) is 0 Å². The Morgan fingerprint density at radius 2 is 1.90 bits per heavy atom. The van der Waals surface area contributed by atoms with Gasteiger partial charge in [-0.1, -0.05) is 42.0 Å². The van der Waals surface area contributed by atoms with Gasteiger partial charge in [-0.25, -0.2) is 4.79 Å². The van der Waals surface area contributed by atoms with Crippen molar-refractivity contribution in [2.45, 2.75) is 6.92 Å². The van der Waals surface area contributed by atoms with Crippen LogP contribution in [0.15, 0.2) is 60.0 Å². The summed E-state index contributed by atoms with van der Waals surface area (Å²) in [6.45, 7) is 1.97. The van der Waals surface area contributed by atoms with E-state index in [1.165, 1.54) is 48.8 Å². The molecule has 1 aromatic heterocycles. The number of rotatable bonds is 6. The smallest absolute Gasteiger partial charge is 0.341 e. The minimum Gasteiger partial charge on any atom is -0.465 e. The van der Waals surface area contributed by atoms with Gasteiger partial charge in [0.2, 0.25) is 5.91 Å². The van der Waals surface area contributed by atoms with Crippen LogP contribution in [0.2, 0.25) is 0 Å². The second kappa shape index (κ2) is 9.15. The molecule has 0 spiro atoms. The van der Waals surface area contributed by atoms with Gasteiger partial charge >= 0.3 is 5.97 Å². The molecule has 152 valence electrons. The summed E-state index contributed by atoms with van der Waals surface area (Å²) in [5, 5.41) is 15.7. The van der Waals surface area contributed by atoms with Gasteiger partial charge in [0, 0.05) is 29.2 Å². The SMILES string of the molecule is COC(=O)c1c(-c2ccc(C)cc2)csc1NC(=O)/C=C\c1cccc([N+](=O)[O-])c1. The Bertz CT molecular complexity index is 1130. The first-order valence-corrected chi connectivity index (χ1v) is 9.77. The summed E-state index contributed by atoms with van der Waals surface area (Å²) in [6, 6.07) is 13.6. The number of hydrogen-bond donors (Lipinski definition) is 1. The molecular formula is C22H18N2O5S. The van der Waals surface area contributed by atoms with Gasteiger partial charge in [0.25, 0.3) is 5.69 Å². The quantitative estimate of drug-likeness (QED) is 0.259. The third kappa shape index (κ3) is 4.79. The van der Waals surface area contributed by atoms with Crippen LogP contribution in [0.3, 0.4) is 0 Å². The standard InChI is InChI=1S/C22H18N2O5S/c1-14-6-9-16(10-7-14)18-13-30-21(20(18)22(26)29-2)23-19(25)11-8-15-4-3-5-17(12-15)24(27)28/h3-13H,1-2H3,(H,23,25)/b11-8-. The number of amides is 1. The van der Waals surface area contributed by atoms with E-state index in [9.17, 15) is 19.7 Å². The van der Waals surface area contributed by atoms with E-state index in [1.807, 2.05) is 31.2 Å². The number of methoxy groups -OCH3 is 1. The lowest BCUT2D eigenvalue weighted by molar-refractivity contribution is -0.384. The summed E-state index contributed by atoms with van der Waals surface area (Å²) in [5.74, 6) is -1.02. The Morgan fingerprint density at radius 1 is 1.17 bits per heavy atom. The van der Waals surface area contributed by atoms with Crippen LogP contribution in [-0.2, 0) is 9.53 Å². The van der Waals surface area contributed by atoms with Crippen LogP contribution in [0.4, 0.5) is 10.7 Å². The molecule has 0 unspecified atom stereocenters. The van der Waals surface area contributed by atoms with E-state index in [0.717, 1.165) is 11.1 Å². The summed E-state index contributed by atoms with van der Waals surface area (Å²) >= 11 is 1.22. The monoisotopic (exact) mass is 422 g/mol. The molecule has 1 N–H and O–H groups in total. The number of carbonyl (C=O) groups is 2. The highest BCUT2D eigenvalue weighted by atomic mass is 32.1. The number of carbonyl (C=O) groups excluding carboxylic acids is 2. The van der Waals surface area contributed by atoms with E-state index in [-0.39, 0.29) is 11.3 Å². The predicted octanol–water partition coefficient (Wildman–Crippen LogP) is 5.07. The second-order valence-corrected chi connectivity index (χ2v) is 7.27. The number of anilines is 1. The molecule has 3 rings (SSSR count). The van der Waals surface area contributed by atoms with Crippen molar-refractivity contribution in [2.75, 3.05) is 12.4 Å². The van der Waals surface area contributed by atoms with Crippen molar-refractivity contribution in [2.24, 2.45) is 0 Å². The fourth-order valence-corrected chi connectivity index (χ4v) is 3.73. The van der Waals surface area contributed by atoms with Crippen molar-refractivity contribution < 1.29 is 19.2 Å². The van der Waals surface area contributed by atoms with Gasteiger partial charge in [0.15, 0.2) is 0 Å². The number of non-ortho nitro benzene ring substituents is 1. The van der Waals surface area contributed by atoms with E-state index < -0.39 is 16.8 Å². The molecule has 0 saturated carbocycles. The molecule has 3 aromatic rings. The summed E-state index contributed by atoms with van der Waals surface area (Å²) in [7, 11) is 1.28. The molecule has 7 nitrogen and oxygen atoms in total. The Hall–Kier alpha value is -3.78. The zero-order valence-electron chi connectivity index (χ0n) is 16.2. The van der Waals surface area contributed by atoms with Gasteiger partial charge in [0.1, 0.15) is 10.6 Å². The van der Waals surface area contributed by atoms with E-state index in [1.54, 1.807) is 11.4 Å². The molecule has 0 radical (unpaired) electrons. The number of esters is 1. The molecule has 0 atom stereocenters. The van der Waals surface area contributed by atoms with Gasteiger partial charge in [-0.15, -0.1) is 11.3 Å². The summed E-state index contributed by atoms with van der Waals surface area (Å²) < 4.78 is 4.90. The normalized spacial score (nSPS) is 10.7. The first kappa shape index (κ1) is 20.9. The van der Waals surface area contributed by atoms with Crippen LogP contribution in [0.25, 0.3) is 17.2 Å². The zero-order chi connectivity index (χ0) is 21.7. The Morgan fingerprint density at radius 3 is 2.57 bits per heavy atom. The van der Waals surface area contributed by atoms with Crippen LogP contribution in [0, 0.1) is 17.0 Å². The number of benzene rings is 2. The van der Waals surface area contributed by atoms with Crippen LogP contribution in [0.1, 0.15) is 21.5 Å². The van der Waals surface area contributed by atoms with E-state index >= 15 is 0 Å². The number of nitro groups is 1. The number of ether oxygens (including phenoxy) is 1. The highest BCUT2D eigenvalue weighted by molar-refractivity contribution is 7.15. The Kier molecular flexibility index (Phi) is 6.38. The number of nitrogens with one attached hydrogen (secondary N) is 1. The number of thiophene rings is 1.